The molecule has 1 aromatic carbocycles. The summed E-state index contributed by atoms with van der Waals surface area (Å²) in [6.45, 7) is 0.772. The standard InChI is InChI=1S/C15H17N5OS/c1-20-8-12(7-17-20)10-3-2-4-11(5-10)13-9-22-15(18-13)19-14(21)6-16/h2-5,8-9,17H,6-7,16H2,1H3,(H,18,19,21). The lowest BCUT2D eigenvalue weighted by Crippen LogP contribution is -2.23. The lowest BCUT2D eigenvalue weighted by Gasteiger charge is -2.04. The lowest BCUT2D eigenvalue weighted by atomic mass is 10.0. The van der Waals surface area contributed by atoms with E-state index < -0.39 is 0 Å². The van der Waals surface area contributed by atoms with E-state index in [9.17, 15) is 4.79 Å². The average molecular weight is 315 g/mol. The molecule has 7 heteroatoms. The SMILES string of the molecule is CN1C=C(c2cccc(-c3csc(NC(=O)CN)n3)c2)CN1. The summed E-state index contributed by atoms with van der Waals surface area (Å²) >= 11 is 1.39. The fourth-order valence-corrected chi connectivity index (χ4v) is 2.96. The van der Waals surface area contributed by atoms with Crippen molar-refractivity contribution in [2.24, 2.45) is 5.73 Å². The van der Waals surface area contributed by atoms with Gasteiger partial charge in [0, 0.05) is 30.7 Å². The molecule has 0 atom stereocenters. The van der Waals surface area contributed by atoms with Crippen LogP contribution in [-0.2, 0) is 4.79 Å². The van der Waals surface area contributed by atoms with Crippen LogP contribution in [0.4, 0.5) is 5.13 Å². The fraction of sp³-hybridized carbons (Fsp3) is 0.200. The summed E-state index contributed by atoms with van der Waals surface area (Å²) in [5.74, 6) is -0.236. The number of carbonyl (C=O) groups is 1. The lowest BCUT2D eigenvalue weighted by molar-refractivity contribution is -0.114. The van der Waals surface area contributed by atoms with E-state index in [1.807, 2.05) is 29.6 Å². The molecular formula is C15H17N5OS. The van der Waals surface area contributed by atoms with Gasteiger partial charge in [-0.3, -0.25) is 4.79 Å². The van der Waals surface area contributed by atoms with Crippen LogP contribution in [0.1, 0.15) is 5.56 Å². The first-order valence-electron chi connectivity index (χ1n) is 6.89. The van der Waals surface area contributed by atoms with Crippen molar-refractivity contribution in [2.45, 2.75) is 0 Å². The summed E-state index contributed by atoms with van der Waals surface area (Å²) in [6, 6.07) is 8.22. The Morgan fingerprint density at radius 3 is 3.05 bits per heavy atom. The smallest absolute Gasteiger partial charge is 0.239 e. The van der Waals surface area contributed by atoms with Crippen LogP contribution in [0.3, 0.4) is 0 Å². The van der Waals surface area contributed by atoms with Gasteiger partial charge in [0.15, 0.2) is 5.13 Å². The molecule has 4 N–H and O–H groups in total. The van der Waals surface area contributed by atoms with Crippen molar-refractivity contribution in [1.29, 1.82) is 0 Å². The summed E-state index contributed by atoms with van der Waals surface area (Å²) in [4.78, 5) is 15.7. The Bertz CT molecular complexity index is 724. The number of nitrogens with one attached hydrogen (secondary N) is 2. The van der Waals surface area contributed by atoms with Gasteiger partial charge < -0.3 is 16.1 Å². The molecule has 114 valence electrons. The monoisotopic (exact) mass is 315 g/mol. The first-order chi connectivity index (χ1) is 10.7. The number of rotatable bonds is 4. The minimum atomic E-state index is -0.236. The maximum Gasteiger partial charge on any atom is 0.239 e. The van der Waals surface area contributed by atoms with Gasteiger partial charge in [0.1, 0.15) is 0 Å². The second-order valence-electron chi connectivity index (χ2n) is 4.97. The van der Waals surface area contributed by atoms with Crippen LogP contribution in [-0.4, -0.2) is 36.0 Å². The quantitative estimate of drug-likeness (QED) is 0.796. The van der Waals surface area contributed by atoms with Gasteiger partial charge in [-0.05, 0) is 17.2 Å². The van der Waals surface area contributed by atoms with E-state index in [-0.39, 0.29) is 12.5 Å². The average Bonchev–Trinajstić information content (AvgIpc) is 3.16. The zero-order valence-corrected chi connectivity index (χ0v) is 13.0. The zero-order chi connectivity index (χ0) is 15.5. The molecule has 2 aromatic rings. The number of aromatic nitrogens is 1. The molecule has 0 saturated heterocycles. The first-order valence-corrected chi connectivity index (χ1v) is 7.77. The van der Waals surface area contributed by atoms with Crippen LogP contribution in [0.5, 0.6) is 0 Å². The molecule has 0 fully saturated rings. The van der Waals surface area contributed by atoms with Gasteiger partial charge in [0.25, 0.3) is 0 Å². The number of nitrogens with two attached hydrogens (primary N) is 1. The number of nitrogens with zero attached hydrogens (tertiary/aromatic N) is 2. The van der Waals surface area contributed by atoms with Crippen molar-refractivity contribution in [3.05, 3.63) is 41.4 Å². The largest absolute Gasteiger partial charge is 0.322 e. The van der Waals surface area contributed by atoms with Crippen LogP contribution in [0.25, 0.3) is 16.8 Å². The van der Waals surface area contributed by atoms with Gasteiger partial charge in [-0.1, -0.05) is 18.2 Å². The Morgan fingerprint density at radius 2 is 2.32 bits per heavy atom. The van der Waals surface area contributed by atoms with Crippen LogP contribution < -0.4 is 16.5 Å². The molecule has 3 rings (SSSR count). The third-order valence-electron chi connectivity index (χ3n) is 3.33. The van der Waals surface area contributed by atoms with E-state index >= 15 is 0 Å². The normalized spacial score (nSPS) is 14.1. The Morgan fingerprint density at radius 1 is 1.50 bits per heavy atom. The fourth-order valence-electron chi connectivity index (χ4n) is 2.22. The maximum absolute atomic E-state index is 11.3. The molecule has 0 unspecified atom stereocenters. The molecule has 22 heavy (non-hydrogen) atoms. The highest BCUT2D eigenvalue weighted by molar-refractivity contribution is 7.14. The summed E-state index contributed by atoms with van der Waals surface area (Å²) in [6.07, 6.45) is 2.08. The molecule has 0 saturated carbocycles. The molecule has 6 nitrogen and oxygen atoms in total. The Labute approximate surface area is 132 Å². The van der Waals surface area contributed by atoms with Crippen LogP contribution >= 0.6 is 11.3 Å². The van der Waals surface area contributed by atoms with E-state index in [4.69, 9.17) is 5.73 Å². The minimum Gasteiger partial charge on any atom is -0.322 e. The van der Waals surface area contributed by atoms with Gasteiger partial charge in [-0.2, -0.15) is 0 Å². The Hall–Kier alpha value is -2.22. The number of carbonyl (C=O) groups excluding carboxylic acids is 1. The number of amides is 1. The highest BCUT2D eigenvalue weighted by Gasteiger charge is 2.12. The number of hydrazine groups is 1. The summed E-state index contributed by atoms with van der Waals surface area (Å²) < 4.78 is 0. The van der Waals surface area contributed by atoms with Gasteiger partial charge in [0.05, 0.1) is 12.2 Å². The van der Waals surface area contributed by atoms with Crippen molar-refractivity contribution >= 4 is 27.9 Å². The van der Waals surface area contributed by atoms with E-state index in [0.29, 0.717) is 5.13 Å². The number of hydrogen-bond acceptors (Lipinski definition) is 6. The molecule has 1 aliphatic rings. The molecule has 2 heterocycles. The molecule has 1 amide bonds. The van der Waals surface area contributed by atoms with Crippen LogP contribution in [0.2, 0.25) is 0 Å². The maximum atomic E-state index is 11.3. The predicted molar refractivity (Wildman–Crippen MR) is 89.0 cm³/mol. The topological polar surface area (TPSA) is 83.3 Å². The number of thiazole rings is 1. The van der Waals surface area contributed by atoms with Crippen molar-refractivity contribution < 1.29 is 4.79 Å². The molecule has 0 radical (unpaired) electrons. The summed E-state index contributed by atoms with van der Waals surface area (Å²) in [5.41, 5.74) is 12.8. The van der Waals surface area contributed by atoms with Crippen molar-refractivity contribution in [3.63, 3.8) is 0 Å². The minimum absolute atomic E-state index is 0.0426. The number of hydrogen-bond donors (Lipinski definition) is 3. The third-order valence-corrected chi connectivity index (χ3v) is 4.09. The highest BCUT2D eigenvalue weighted by Crippen LogP contribution is 2.28. The van der Waals surface area contributed by atoms with E-state index in [0.717, 1.165) is 23.4 Å². The van der Waals surface area contributed by atoms with Crippen molar-refractivity contribution in [3.8, 4) is 11.3 Å². The molecule has 1 aliphatic heterocycles. The van der Waals surface area contributed by atoms with E-state index in [1.165, 1.54) is 16.9 Å². The zero-order valence-electron chi connectivity index (χ0n) is 12.2. The van der Waals surface area contributed by atoms with Crippen LogP contribution in [0, 0.1) is 0 Å². The van der Waals surface area contributed by atoms with Gasteiger partial charge >= 0.3 is 0 Å². The summed E-state index contributed by atoms with van der Waals surface area (Å²) in [7, 11) is 1.98. The molecule has 0 aliphatic carbocycles. The predicted octanol–water partition coefficient (Wildman–Crippen LogP) is 1.50. The Balaban J connectivity index is 1.83. The van der Waals surface area contributed by atoms with Gasteiger partial charge in [-0.15, -0.1) is 11.3 Å². The number of anilines is 1. The van der Waals surface area contributed by atoms with Crippen molar-refractivity contribution in [1.82, 2.24) is 15.4 Å². The van der Waals surface area contributed by atoms with E-state index in [2.05, 4.69) is 34.1 Å². The first kappa shape index (κ1) is 14.7. The second-order valence-corrected chi connectivity index (χ2v) is 5.83. The van der Waals surface area contributed by atoms with Crippen molar-refractivity contribution in [2.75, 3.05) is 25.5 Å². The van der Waals surface area contributed by atoms with Gasteiger partial charge in [0.2, 0.25) is 5.91 Å². The summed E-state index contributed by atoms with van der Waals surface area (Å²) in [5, 5.41) is 7.12. The molecule has 1 aromatic heterocycles. The third kappa shape index (κ3) is 3.16. The molecular weight excluding hydrogens is 298 g/mol. The van der Waals surface area contributed by atoms with Gasteiger partial charge in [-0.25, -0.2) is 10.4 Å². The highest BCUT2D eigenvalue weighted by atomic mass is 32.1. The number of benzene rings is 1. The second kappa shape index (κ2) is 6.27. The molecule has 0 bridgehead atoms. The molecule has 0 spiro atoms. The van der Waals surface area contributed by atoms with E-state index in [1.54, 1.807) is 0 Å². The van der Waals surface area contributed by atoms with Crippen LogP contribution in [0.15, 0.2) is 35.8 Å². The Kier molecular flexibility index (Phi) is 4.19.